The van der Waals surface area contributed by atoms with Crippen LogP contribution in [0.3, 0.4) is 0 Å². The number of hydrogen-bond donors (Lipinski definition) is 1. The minimum absolute atomic E-state index is 0.0983. The molecule has 2 fully saturated rings. The topological polar surface area (TPSA) is 75.7 Å². The number of halogens is 1. The van der Waals surface area contributed by atoms with E-state index in [1.807, 2.05) is 0 Å². The van der Waals surface area contributed by atoms with E-state index in [-0.39, 0.29) is 24.5 Å². The van der Waals surface area contributed by atoms with Crippen LogP contribution in [0.4, 0.5) is 4.39 Å². The summed E-state index contributed by atoms with van der Waals surface area (Å²) in [4.78, 5) is 14.4. The average molecular weight is 427 g/mol. The van der Waals surface area contributed by atoms with Gasteiger partial charge in [0.1, 0.15) is 11.6 Å². The van der Waals surface area contributed by atoms with Gasteiger partial charge in [-0.2, -0.15) is 0 Å². The van der Waals surface area contributed by atoms with Crippen LogP contribution in [-0.4, -0.2) is 50.3 Å². The van der Waals surface area contributed by atoms with Crippen molar-refractivity contribution in [3.05, 3.63) is 35.6 Å². The predicted octanol–water partition coefficient (Wildman–Crippen LogP) is 2.83. The summed E-state index contributed by atoms with van der Waals surface area (Å²) in [5, 5.41) is 0. The number of ether oxygens (including phenoxy) is 1. The Labute approximate surface area is 172 Å². The molecule has 29 heavy (non-hydrogen) atoms. The van der Waals surface area contributed by atoms with Crippen LogP contribution in [0.25, 0.3) is 0 Å². The first-order chi connectivity index (χ1) is 13.8. The van der Waals surface area contributed by atoms with Crippen molar-refractivity contribution in [2.75, 3.05) is 18.9 Å². The summed E-state index contributed by atoms with van der Waals surface area (Å²) in [7, 11) is -3.73. The second-order valence-electron chi connectivity index (χ2n) is 8.37. The molecular formula is C21H31FN2O4S. The number of carbonyl (C=O) groups excluding carboxylic acids is 1. The molecular weight excluding hydrogens is 395 g/mol. The van der Waals surface area contributed by atoms with Gasteiger partial charge in [-0.05, 0) is 62.1 Å². The maximum Gasteiger partial charge on any atom is 0.239 e. The van der Waals surface area contributed by atoms with E-state index in [1.165, 1.54) is 17.0 Å². The van der Waals surface area contributed by atoms with E-state index in [0.29, 0.717) is 24.6 Å². The minimum Gasteiger partial charge on any atom is -0.376 e. The number of nitrogens with zero attached hydrogens (tertiary/aromatic N) is 1. The third-order valence-electron chi connectivity index (χ3n) is 5.74. The molecule has 1 N–H and O–H groups in total. The predicted molar refractivity (Wildman–Crippen MR) is 109 cm³/mol. The van der Waals surface area contributed by atoms with E-state index in [1.54, 1.807) is 12.1 Å². The number of nitrogens with one attached hydrogen (secondary N) is 1. The normalized spacial score (nSPS) is 25.1. The Hall–Kier alpha value is -1.51. The minimum atomic E-state index is -3.73. The Morgan fingerprint density at radius 2 is 2.00 bits per heavy atom. The smallest absolute Gasteiger partial charge is 0.239 e. The molecule has 1 atom stereocenters. The Morgan fingerprint density at radius 1 is 1.24 bits per heavy atom. The number of rotatable bonds is 8. The van der Waals surface area contributed by atoms with Crippen LogP contribution in [0.2, 0.25) is 0 Å². The highest BCUT2D eigenvalue weighted by Gasteiger charge is 2.29. The lowest BCUT2D eigenvalue weighted by atomic mass is 9.88. The molecule has 8 heteroatoms. The van der Waals surface area contributed by atoms with E-state index in [0.717, 1.165) is 38.5 Å². The molecule has 1 aromatic carbocycles. The quantitative estimate of drug-likeness (QED) is 0.694. The highest BCUT2D eigenvalue weighted by molar-refractivity contribution is 7.90. The van der Waals surface area contributed by atoms with Gasteiger partial charge in [0.25, 0.3) is 0 Å². The van der Waals surface area contributed by atoms with Crippen LogP contribution >= 0.6 is 0 Å². The van der Waals surface area contributed by atoms with Crippen LogP contribution in [0.5, 0.6) is 0 Å². The standard InChI is InChI=1S/C21H31FN2O4S/c1-16-7-9-19(10-8-16)23-29(26,27)15-21(25)24(14-20-6-3-11-28-20)13-17-4-2-5-18(22)12-17/h2,4-5,12,16,19-20,23H,3,6-11,13-15H2,1H3/t16?,19?,20-/m0/s1. The number of amides is 1. The van der Waals surface area contributed by atoms with Gasteiger partial charge in [0.15, 0.2) is 0 Å². The summed E-state index contributed by atoms with van der Waals surface area (Å²) in [5.41, 5.74) is 0.628. The molecule has 6 nitrogen and oxygen atoms in total. The van der Waals surface area contributed by atoms with Gasteiger partial charge in [-0.25, -0.2) is 17.5 Å². The third kappa shape index (κ3) is 7.04. The fourth-order valence-corrected chi connectivity index (χ4v) is 5.41. The van der Waals surface area contributed by atoms with Crippen LogP contribution in [0, 0.1) is 11.7 Å². The van der Waals surface area contributed by atoms with Crippen LogP contribution < -0.4 is 4.72 Å². The van der Waals surface area contributed by atoms with Crippen molar-refractivity contribution in [1.29, 1.82) is 0 Å². The fourth-order valence-electron chi connectivity index (χ4n) is 4.07. The zero-order valence-corrected chi connectivity index (χ0v) is 17.8. The molecule has 0 spiro atoms. The fraction of sp³-hybridized carbons (Fsp3) is 0.667. The number of sulfonamides is 1. The first-order valence-corrected chi connectivity index (χ1v) is 12.1. The van der Waals surface area contributed by atoms with E-state index in [4.69, 9.17) is 4.74 Å². The van der Waals surface area contributed by atoms with Gasteiger partial charge < -0.3 is 9.64 Å². The highest BCUT2D eigenvalue weighted by atomic mass is 32.2. The van der Waals surface area contributed by atoms with Crippen LogP contribution in [0.15, 0.2) is 24.3 Å². The lowest BCUT2D eigenvalue weighted by Crippen LogP contribution is -2.45. The van der Waals surface area contributed by atoms with Crippen molar-refractivity contribution in [3.63, 3.8) is 0 Å². The third-order valence-corrected chi connectivity index (χ3v) is 7.06. The molecule has 0 radical (unpaired) electrons. The van der Waals surface area contributed by atoms with Crippen LogP contribution in [0.1, 0.15) is 51.0 Å². The maximum absolute atomic E-state index is 13.5. The molecule has 1 aliphatic carbocycles. The Bertz CT molecular complexity index is 788. The zero-order chi connectivity index (χ0) is 20.9. The number of carbonyl (C=O) groups is 1. The van der Waals surface area contributed by atoms with E-state index in [9.17, 15) is 17.6 Å². The molecule has 162 valence electrons. The summed E-state index contributed by atoms with van der Waals surface area (Å²) >= 11 is 0. The van der Waals surface area contributed by atoms with Crippen LogP contribution in [-0.2, 0) is 26.1 Å². The summed E-state index contributed by atoms with van der Waals surface area (Å²) in [6.45, 7) is 3.29. The first-order valence-electron chi connectivity index (χ1n) is 10.4. The van der Waals surface area contributed by atoms with Gasteiger partial charge in [0.05, 0.1) is 6.10 Å². The van der Waals surface area contributed by atoms with Gasteiger partial charge in [-0.15, -0.1) is 0 Å². The van der Waals surface area contributed by atoms with Gasteiger partial charge in [-0.1, -0.05) is 19.1 Å². The van der Waals surface area contributed by atoms with Crippen molar-refractivity contribution in [2.24, 2.45) is 5.92 Å². The molecule has 0 bridgehead atoms. The lowest BCUT2D eigenvalue weighted by molar-refractivity contribution is -0.130. The molecule has 1 saturated carbocycles. The average Bonchev–Trinajstić information content (AvgIpc) is 3.16. The van der Waals surface area contributed by atoms with Crippen molar-refractivity contribution in [2.45, 2.75) is 64.1 Å². The second-order valence-corrected chi connectivity index (χ2v) is 10.1. The SMILES string of the molecule is CC1CCC(NS(=O)(=O)CC(=O)N(Cc2cccc(F)c2)C[C@@H]2CCCO2)CC1. The van der Waals surface area contributed by atoms with Crippen molar-refractivity contribution >= 4 is 15.9 Å². The zero-order valence-electron chi connectivity index (χ0n) is 17.0. The molecule has 1 amide bonds. The Morgan fingerprint density at radius 3 is 2.66 bits per heavy atom. The summed E-state index contributed by atoms with van der Waals surface area (Å²) in [5.74, 6) is -0.846. The Balaban J connectivity index is 1.64. The number of benzene rings is 1. The second kappa shape index (κ2) is 10.00. The summed E-state index contributed by atoms with van der Waals surface area (Å²) in [6, 6.07) is 5.93. The van der Waals surface area contributed by atoms with E-state index < -0.39 is 21.7 Å². The first kappa shape index (κ1) is 22.2. The monoisotopic (exact) mass is 426 g/mol. The van der Waals surface area contributed by atoms with Gasteiger partial charge in [-0.3, -0.25) is 4.79 Å². The van der Waals surface area contributed by atoms with E-state index >= 15 is 0 Å². The molecule has 2 aliphatic rings. The summed E-state index contributed by atoms with van der Waals surface area (Å²) in [6.07, 6.45) is 5.24. The number of hydrogen-bond acceptors (Lipinski definition) is 4. The molecule has 1 aromatic rings. The summed E-state index contributed by atoms with van der Waals surface area (Å²) < 4.78 is 47.1. The van der Waals surface area contributed by atoms with Gasteiger partial charge in [0.2, 0.25) is 15.9 Å². The van der Waals surface area contributed by atoms with Gasteiger partial charge in [0, 0.05) is 25.7 Å². The maximum atomic E-state index is 13.5. The van der Waals surface area contributed by atoms with Crippen molar-refractivity contribution in [3.8, 4) is 0 Å². The molecule has 0 unspecified atom stereocenters. The Kier molecular flexibility index (Phi) is 7.65. The molecule has 3 rings (SSSR count). The molecule has 1 aliphatic heterocycles. The highest BCUT2D eigenvalue weighted by Crippen LogP contribution is 2.24. The molecule has 1 saturated heterocycles. The van der Waals surface area contributed by atoms with Crippen molar-refractivity contribution < 1.29 is 22.3 Å². The largest absolute Gasteiger partial charge is 0.376 e. The molecule has 0 aromatic heterocycles. The van der Waals surface area contributed by atoms with Gasteiger partial charge >= 0.3 is 0 Å². The lowest BCUT2D eigenvalue weighted by Gasteiger charge is -2.28. The van der Waals surface area contributed by atoms with Crippen molar-refractivity contribution in [1.82, 2.24) is 9.62 Å². The van der Waals surface area contributed by atoms with E-state index in [2.05, 4.69) is 11.6 Å². The molecule has 1 heterocycles.